The first kappa shape index (κ1) is 18.6. The zero-order valence-corrected chi connectivity index (χ0v) is 15.2. The first-order valence-electron chi connectivity index (χ1n) is 8.17. The number of amides is 4. The van der Waals surface area contributed by atoms with Gasteiger partial charge in [0, 0.05) is 4.88 Å². The topological polar surface area (TPSA) is 141 Å². The minimum absolute atomic E-state index is 0.108. The molecule has 0 saturated heterocycles. The van der Waals surface area contributed by atoms with Crippen LogP contribution in [-0.4, -0.2) is 29.9 Å². The Hall–Kier alpha value is -3.14. The number of hydrogen-bond acceptors (Lipinski definition) is 7. The van der Waals surface area contributed by atoms with E-state index < -0.39 is 29.9 Å². The highest BCUT2D eigenvalue weighted by Crippen LogP contribution is 2.39. The number of anilines is 1. The average Bonchev–Trinajstić information content (AvgIpc) is 3.30. The van der Waals surface area contributed by atoms with Crippen molar-refractivity contribution < 1.29 is 28.3 Å². The van der Waals surface area contributed by atoms with Crippen LogP contribution in [0, 0.1) is 0 Å². The summed E-state index contributed by atoms with van der Waals surface area (Å²) in [6, 6.07) is 2.05. The quantitative estimate of drug-likeness (QED) is 0.664. The Morgan fingerprint density at radius 2 is 2.07 bits per heavy atom. The highest BCUT2D eigenvalue weighted by molar-refractivity contribution is 7.17. The van der Waals surface area contributed by atoms with Gasteiger partial charge in [-0.05, 0) is 43.9 Å². The highest BCUT2D eigenvalue weighted by atomic mass is 32.1. The molecule has 1 aliphatic carbocycles. The maximum Gasteiger partial charge on any atom is 0.342 e. The number of esters is 1. The number of furan rings is 1. The Kier molecular flexibility index (Phi) is 5.26. The van der Waals surface area contributed by atoms with Gasteiger partial charge in [0.1, 0.15) is 5.00 Å². The van der Waals surface area contributed by atoms with E-state index in [1.54, 1.807) is 6.07 Å². The lowest BCUT2D eigenvalue weighted by atomic mass is 10.1. The molecule has 2 aromatic heterocycles. The van der Waals surface area contributed by atoms with Gasteiger partial charge in [-0.15, -0.1) is 11.3 Å². The number of urea groups is 1. The van der Waals surface area contributed by atoms with Crippen molar-refractivity contribution in [3.05, 3.63) is 40.2 Å². The molecule has 27 heavy (non-hydrogen) atoms. The molecule has 1 unspecified atom stereocenters. The number of nitrogens with two attached hydrogens (primary N) is 1. The van der Waals surface area contributed by atoms with Crippen LogP contribution in [0.15, 0.2) is 22.8 Å². The molecule has 3 rings (SSSR count). The van der Waals surface area contributed by atoms with Crippen LogP contribution in [0.25, 0.3) is 0 Å². The zero-order valence-electron chi connectivity index (χ0n) is 14.4. The molecule has 2 heterocycles. The molecule has 1 atom stereocenters. The van der Waals surface area contributed by atoms with E-state index in [4.69, 9.17) is 14.9 Å². The summed E-state index contributed by atoms with van der Waals surface area (Å²) in [7, 11) is 0. The van der Waals surface area contributed by atoms with Crippen molar-refractivity contribution in [1.29, 1.82) is 0 Å². The molecule has 4 N–H and O–H groups in total. The fourth-order valence-corrected chi connectivity index (χ4v) is 4.05. The Morgan fingerprint density at radius 1 is 1.30 bits per heavy atom. The molecule has 9 nitrogen and oxygen atoms in total. The summed E-state index contributed by atoms with van der Waals surface area (Å²) in [4.78, 5) is 48.4. The van der Waals surface area contributed by atoms with Gasteiger partial charge < -0.3 is 20.2 Å². The number of aryl methyl sites for hydroxylation is 1. The van der Waals surface area contributed by atoms with E-state index in [2.05, 4.69) is 5.32 Å². The van der Waals surface area contributed by atoms with Crippen LogP contribution in [-0.2, 0) is 22.4 Å². The fraction of sp³-hybridized carbons (Fsp3) is 0.294. The van der Waals surface area contributed by atoms with Crippen molar-refractivity contribution in [2.75, 3.05) is 5.32 Å². The SMILES string of the molecule is CC(OC(=O)c1c(NC(=O)c2ccco2)sc2c1CCC2)C(=O)NC(N)=O. The molecular formula is C17H17N3O6S. The van der Waals surface area contributed by atoms with Crippen molar-refractivity contribution in [3.8, 4) is 0 Å². The lowest BCUT2D eigenvalue weighted by molar-refractivity contribution is -0.127. The third kappa shape index (κ3) is 4.00. The molecule has 0 saturated carbocycles. The molecule has 0 spiro atoms. The predicted octanol–water partition coefficient (Wildman–Crippen LogP) is 1.82. The lowest BCUT2D eigenvalue weighted by Gasteiger charge is -2.13. The summed E-state index contributed by atoms with van der Waals surface area (Å²) in [6.45, 7) is 1.32. The van der Waals surface area contributed by atoms with Crippen LogP contribution in [0.2, 0.25) is 0 Å². The Bertz CT molecular complexity index is 902. The van der Waals surface area contributed by atoms with Gasteiger partial charge in [0.15, 0.2) is 11.9 Å². The van der Waals surface area contributed by atoms with E-state index in [9.17, 15) is 19.2 Å². The number of primary amides is 1. The summed E-state index contributed by atoms with van der Waals surface area (Å²) >= 11 is 1.30. The number of hydrogen-bond donors (Lipinski definition) is 3. The second-order valence-corrected chi connectivity index (χ2v) is 7.00. The van der Waals surface area contributed by atoms with Crippen LogP contribution >= 0.6 is 11.3 Å². The maximum absolute atomic E-state index is 12.7. The second kappa shape index (κ2) is 7.62. The van der Waals surface area contributed by atoms with Gasteiger partial charge in [-0.2, -0.15) is 0 Å². The van der Waals surface area contributed by atoms with Crippen LogP contribution in [0.4, 0.5) is 9.80 Å². The van der Waals surface area contributed by atoms with Crippen LogP contribution in [0.1, 0.15) is 44.7 Å². The molecule has 0 radical (unpaired) electrons. The molecule has 0 aromatic carbocycles. The van der Waals surface area contributed by atoms with Gasteiger partial charge in [-0.3, -0.25) is 14.9 Å². The average molecular weight is 391 g/mol. The smallest absolute Gasteiger partial charge is 0.342 e. The van der Waals surface area contributed by atoms with E-state index >= 15 is 0 Å². The molecule has 10 heteroatoms. The minimum atomic E-state index is -1.23. The molecule has 142 valence electrons. The standard InChI is InChI=1S/C17H17N3O6S/c1-8(13(21)20-17(18)24)26-16(23)12-9-4-2-6-11(9)27-15(12)19-14(22)10-5-3-7-25-10/h3,5,7-8H,2,4,6H2,1H3,(H,19,22)(H3,18,20,21,24). The van der Waals surface area contributed by atoms with Crippen LogP contribution < -0.4 is 16.4 Å². The predicted molar refractivity (Wildman–Crippen MR) is 95.6 cm³/mol. The third-order valence-corrected chi connectivity index (χ3v) is 5.20. The van der Waals surface area contributed by atoms with Crippen molar-refractivity contribution in [1.82, 2.24) is 5.32 Å². The van der Waals surface area contributed by atoms with E-state index in [0.29, 0.717) is 11.4 Å². The highest BCUT2D eigenvalue weighted by Gasteiger charge is 2.31. The van der Waals surface area contributed by atoms with Crippen molar-refractivity contribution in [2.24, 2.45) is 5.73 Å². The zero-order chi connectivity index (χ0) is 19.6. The summed E-state index contributed by atoms with van der Waals surface area (Å²) in [6.07, 6.45) is 2.52. The van der Waals surface area contributed by atoms with Crippen molar-refractivity contribution >= 4 is 40.2 Å². The Balaban J connectivity index is 1.81. The van der Waals surface area contributed by atoms with E-state index in [1.807, 2.05) is 5.32 Å². The van der Waals surface area contributed by atoms with Crippen molar-refractivity contribution in [2.45, 2.75) is 32.3 Å². The number of carbonyl (C=O) groups is 4. The molecule has 1 aliphatic rings. The normalized spacial score (nSPS) is 13.5. The molecule has 0 fully saturated rings. The number of ether oxygens (including phenoxy) is 1. The number of fused-ring (bicyclic) bond motifs is 1. The molecule has 2 aromatic rings. The number of carbonyl (C=O) groups excluding carboxylic acids is 4. The minimum Gasteiger partial charge on any atom is -0.459 e. The summed E-state index contributed by atoms with van der Waals surface area (Å²) in [5.41, 5.74) is 5.93. The van der Waals surface area contributed by atoms with Gasteiger partial charge in [0.2, 0.25) is 0 Å². The Labute approximate surface area is 157 Å². The fourth-order valence-electron chi connectivity index (χ4n) is 2.78. The lowest BCUT2D eigenvalue weighted by Crippen LogP contribution is -2.42. The second-order valence-electron chi connectivity index (χ2n) is 5.89. The first-order chi connectivity index (χ1) is 12.9. The summed E-state index contributed by atoms with van der Waals surface area (Å²) in [5, 5.41) is 4.86. The summed E-state index contributed by atoms with van der Waals surface area (Å²) < 4.78 is 10.2. The monoisotopic (exact) mass is 391 g/mol. The Morgan fingerprint density at radius 3 is 2.74 bits per heavy atom. The molecule has 0 aliphatic heterocycles. The van der Waals surface area contributed by atoms with Gasteiger partial charge in [0.25, 0.3) is 11.8 Å². The van der Waals surface area contributed by atoms with Gasteiger partial charge in [-0.1, -0.05) is 0 Å². The summed E-state index contributed by atoms with van der Waals surface area (Å²) in [5.74, 6) is -1.97. The first-order valence-corrected chi connectivity index (χ1v) is 8.99. The van der Waals surface area contributed by atoms with Gasteiger partial charge in [-0.25, -0.2) is 9.59 Å². The molecular weight excluding hydrogens is 374 g/mol. The maximum atomic E-state index is 12.7. The molecule has 0 bridgehead atoms. The number of imide groups is 1. The largest absolute Gasteiger partial charge is 0.459 e. The van der Waals surface area contributed by atoms with E-state index in [0.717, 1.165) is 23.3 Å². The molecule has 4 amide bonds. The van der Waals surface area contributed by atoms with Crippen molar-refractivity contribution in [3.63, 3.8) is 0 Å². The van der Waals surface area contributed by atoms with E-state index in [1.165, 1.54) is 30.6 Å². The van der Waals surface area contributed by atoms with Crippen LogP contribution in [0.3, 0.4) is 0 Å². The number of rotatable bonds is 5. The number of thiophene rings is 1. The van der Waals surface area contributed by atoms with E-state index in [-0.39, 0.29) is 11.3 Å². The van der Waals surface area contributed by atoms with Gasteiger partial charge in [0.05, 0.1) is 11.8 Å². The third-order valence-electron chi connectivity index (χ3n) is 4.00. The number of nitrogens with one attached hydrogen (secondary N) is 2. The van der Waals surface area contributed by atoms with Crippen LogP contribution in [0.5, 0.6) is 0 Å². The van der Waals surface area contributed by atoms with Gasteiger partial charge >= 0.3 is 12.0 Å².